The van der Waals surface area contributed by atoms with Gasteiger partial charge in [-0.1, -0.05) is 19.1 Å². The quantitative estimate of drug-likeness (QED) is 0.640. The van der Waals surface area contributed by atoms with Crippen LogP contribution in [0.5, 0.6) is 0 Å². The highest BCUT2D eigenvalue weighted by Crippen LogP contribution is 2.21. The van der Waals surface area contributed by atoms with Crippen molar-refractivity contribution in [1.82, 2.24) is 4.90 Å². The van der Waals surface area contributed by atoms with E-state index in [1.807, 2.05) is 0 Å². The van der Waals surface area contributed by atoms with Gasteiger partial charge >= 0.3 is 0 Å². The lowest BCUT2D eigenvalue weighted by atomic mass is 10.00. The van der Waals surface area contributed by atoms with Gasteiger partial charge in [0.05, 0.1) is 0 Å². The normalized spacial score (nSPS) is 24.7. The first-order valence-corrected chi connectivity index (χ1v) is 4.85. The molecule has 1 rings (SSSR count). The number of hydrogen-bond acceptors (Lipinski definition) is 2. The maximum Gasteiger partial charge on any atom is 0.0134 e. The third-order valence-electron chi connectivity index (χ3n) is 2.68. The molecule has 1 fully saturated rings. The first-order valence-electron chi connectivity index (χ1n) is 4.85. The fourth-order valence-corrected chi connectivity index (χ4v) is 1.86. The minimum absolute atomic E-state index is 0.655. The Bertz CT molecular complexity index is 154. The van der Waals surface area contributed by atoms with Gasteiger partial charge < -0.3 is 10.6 Å². The Morgan fingerprint density at radius 3 is 2.92 bits per heavy atom. The van der Waals surface area contributed by atoms with Crippen molar-refractivity contribution in [2.45, 2.75) is 19.8 Å². The zero-order valence-electron chi connectivity index (χ0n) is 8.05. The number of hydrogen-bond donors (Lipinski definition) is 1. The maximum atomic E-state index is 5.50. The Kier molecular flexibility index (Phi) is 3.76. The van der Waals surface area contributed by atoms with Crippen molar-refractivity contribution in [2.24, 2.45) is 11.7 Å². The smallest absolute Gasteiger partial charge is 0.0134 e. The minimum atomic E-state index is 0.655. The lowest BCUT2D eigenvalue weighted by molar-refractivity contribution is 0.341. The van der Waals surface area contributed by atoms with Crippen LogP contribution < -0.4 is 5.73 Å². The molecule has 0 aromatic carbocycles. The van der Waals surface area contributed by atoms with Crippen molar-refractivity contribution in [3.05, 3.63) is 12.2 Å². The van der Waals surface area contributed by atoms with Crippen molar-refractivity contribution < 1.29 is 0 Å². The molecule has 0 radical (unpaired) electrons. The molecular formula is C10H20N2. The van der Waals surface area contributed by atoms with Gasteiger partial charge in [0, 0.05) is 13.1 Å². The second-order valence-corrected chi connectivity index (χ2v) is 3.71. The number of nitrogens with zero attached hydrogens (tertiary/aromatic N) is 1. The van der Waals surface area contributed by atoms with Gasteiger partial charge in [0.15, 0.2) is 0 Å². The Hall–Kier alpha value is -0.340. The van der Waals surface area contributed by atoms with Crippen molar-refractivity contribution >= 4 is 0 Å². The molecule has 0 aromatic rings. The molecule has 1 heterocycles. The van der Waals surface area contributed by atoms with Crippen LogP contribution in [0.3, 0.4) is 0 Å². The Morgan fingerprint density at radius 2 is 2.42 bits per heavy atom. The van der Waals surface area contributed by atoms with E-state index < -0.39 is 0 Å². The lowest BCUT2D eigenvalue weighted by Gasteiger charge is -2.13. The average molecular weight is 168 g/mol. The highest BCUT2D eigenvalue weighted by atomic mass is 15.1. The summed E-state index contributed by atoms with van der Waals surface area (Å²) in [4.78, 5) is 2.49. The Balaban J connectivity index is 2.23. The summed E-state index contributed by atoms with van der Waals surface area (Å²) in [6.45, 7) is 10.5. The van der Waals surface area contributed by atoms with Crippen LogP contribution >= 0.6 is 0 Å². The van der Waals surface area contributed by atoms with Crippen LogP contribution in [0.2, 0.25) is 0 Å². The minimum Gasteiger partial charge on any atom is -0.327 e. The summed E-state index contributed by atoms with van der Waals surface area (Å²) >= 11 is 0. The van der Waals surface area contributed by atoms with Gasteiger partial charge in [0.1, 0.15) is 0 Å². The van der Waals surface area contributed by atoms with E-state index in [-0.39, 0.29) is 0 Å². The number of likely N-dealkylation sites (tertiary alicyclic amines) is 1. The first kappa shape index (κ1) is 9.75. The van der Waals surface area contributed by atoms with Gasteiger partial charge in [-0.25, -0.2) is 0 Å². The molecule has 0 spiro atoms. The molecule has 1 saturated heterocycles. The van der Waals surface area contributed by atoms with Crippen molar-refractivity contribution in [3.63, 3.8) is 0 Å². The monoisotopic (exact) mass is 168 g/mol. The number of nitrogens with two attached hydrogens (primary N) is 1. The van der Waals surface area contributed by atoms with Crippen LogP contribution in [0.15, 0.2) is 12.2 Å². The summed E-state index contributed by atoms with van der Waals surface area (Å²) in [7, 11) is 0. The standard InChI is InChI=1S/C10H20N2/c1-3-12-5-4-10(8-12)6-9(2)7-11/h10H,2-8,11H2,1H3. The van der Waals surface area contributed by atoms with E-state index in [9.17, 15) is 0 Å². The largest absolute Gasteiger partial charge is 0.327 e. The zero-order valence-corrected chi connectivity index (χ0v) is 8.05. The molecule has 2 N–H and O–H groups in total. The SMILES string of the molecule is C=C(CN)CC1CCN(CC)C1. The number of rotatable bonds is 4. The molecule has 2 nitrogen and oxygen atoms in total. The highest BCUT2D eigenvalue weighted by Gasteiger charge is 2.20. The van der Waals surface area contributed by atoms with Gasteiger partial charge in [0.25, 0.3) is 0 Å². The van der Waals surface area contributed by atoms with E-state index in [1.165, 1.54) is 31.6 Å². The molecule has 0 bridgehead atoms. The van der Waals surface area contributed by atoms with Gasteiger partial charge in [0.2, 0.25) is 0 Å². The van der Waals surface area contributed by atoms with Crippen LogP contribution in [0, 0.1) is 5.92 Å². The molecule has 1 atom stereocenters. The predicted molar refractivity (Wildman–Crippen MR) is 53.0 cm³/mol. The van der Waals surface area contributed by atoms with E-state index in [4.69, 9.17) is 5.73 Å². The third kappa shape index (κ3) is 2.61. The van der Waals surface area contributed by atoms with Gasteiger partial charge in [-0.2, -0.15) is 0 Å². The predicted octanol–water partition coefficient (Wildman–Crippen LogP) is 1.23. The molecule has 1 unspecified atom stereocenters. The van der Waals surface area contributed by atoms with Crippen LogP contribution in [0.4, 0.5) is 0 Å². The first-order chi connectivity index (χ1) is 5.76. The summed E-state index contributed by atoms with van der Waals surface area (Å²) in [6.07, 6.45) is 2.46. The van der Waals surface area contributed by atoms with Gasteiger partial charge in [-0.3, -0.25) is 0 Å². The van der Waals surface area contributed by atoms with E-state index in [0.717, 1.165) is 12.3 Å². The van der Waals surface area contributed by atoms with Crippen LogP contribution in [0.25, 0.3) is 0 Å². The molecule has 12 heavy (non-hydrogen) atoms. The fourth-order valence-electron chi connectivity index (χ4n) is 1.86. The van der Waals surface area contributed by atoms with E-state index in [1.54, 1.807) is 0 Å². The van der Waals surface area contributed by atoms with E-state index >= 15 is 0 Å². The van der Waals surface area contributed by atoms with Gasteiger partial charge in [-0.05, 0) is 31.8 Å². The van der Waals surface area contributed by atoms with Gasteiger partial charge in [-0.15, -0.1) is 0 Å². The summed E-state index contributed by atoms with van der Waals surface area (Å²) in [5.41, 5.74) is 6.71. The molecule has 2 heteroatoms. The Morgan fingerprint density at radius 1 is 1.67 bits per heavy atom. The second kappa shape index (κ2) is 4.63. The highest BCUT2D eigenvalue weighted by molar-refractivity contribution is 4.98. The van der Waals surface area contributed by atoms with Crippen molar-refractivity contribution in [3.8, 4) is 0 Å². The van der Waals surface area contributed by atoms with E-state index in [2.05, 4.69) is 18.4 Å². The molecule has 0 amide bonds. The molecule has 70 valence electrons. The topological polar surface area (TPSA) is 29.3 Å². The maximum absolute atomic E-state index is 5.50. The van der Waals surface area contributed by atoms with Crippen LogP contribution in [-0.4, -0.2) is 31.1 Å². The summed E-state index contributed by atoms with van der Waals surface area (Å²) in [6, 6.07) is 0. The molecule has 0 aliphatic carbocycles. The van der Waals surface area contributed by atoms with Crippen molar-refractivity contribution in [1.29, 1.82) is 0 Å². The van der Waals surface area contributed by atoms with Crippen LogP contribution in [-0.2, 0) is 0 Å². The molecule has 0 aromatic heterocycles. The molecule has 0 saturated carbocycles. The van der Waals surface area contributed by atoms with E-state index in [0.29, 0.717) is 6.54 Å². The second-order valence-electron chi connectivity index (χ2n) is 3.71. The third-order valence-corrected chi connectivity index (χ3v) is 2.68. The molecular weight excluding hydrogens is 148 g/mol. The lowest BCUT2D eigenvalue weighted by Crippen LogP contribution is -2.20. The zero-order chi connectivity index (χ0) is 8.97. The molecule has 1 aliphatic heterocycles. The summed E-state index contributed by atoms with van der Waals surface area (Å²) in [5.74, 6) is 0.820. The molecule has 1 aliphatic rings. The summed E-state index contributed by atoms with van der Waals surface area (Å²) in [5, 5.41) is 0. The average Bonchev–Trinajstić information content (AvgIpc) is 2.52. The van der Waals surface area contributed by atoms with Crippen LogP contribution in [0.1, 0.15) is 19.8 Å². The Labute approximate surface area is 75.4 Å². The summed E-state index contributed by atoms with van der Waals surface area (Å²) < 4.78 is 0. The fraction of sp³-hybridized carbons (Fsp3) is 0.800. The van der Waals surface area contributed by atoms with Crippen molar-refractivity contribution in [2.75, 3.05) is 26.2 Å².